The fraction of sp³-hybridized carbons (Fsp3) is 0.500. The second-order valence-corrected chi connectivity index (χ2v) is 5.20. The van der Waals surface area contributed by atoms with E-state index >= 15 is 0 Å². The van der Waals surface area contributed by atoms with Gasteiger partial charge in [-0.25, -0.2) is 0 Å². The van der Waals surface area contributed by atoms with Crippen LogP contribution in [0.2, 0.25) is 5.02 Å². The lowest BCUT2D eigenvalue weighted by atomic mass is 9.83. The van der Waals surface area contributed by atoms with E-state index in [4.69, 9.17) is 17.3 Å². The standard InChI is InChI=1S/C12H18ClN/c1-8-6-5-7-9(10(8)13)11(14)12(2,3)4/h5-7,11H,14H2,1-4H3/t11-/m1/s1. The van der Waals surface area contributed by atoms with Crippen LogP contribution in [0.4, 0.5) is 0 Å². The van der Waals surface area contributed by atoms with Gasteiger partial charge in [0, 0.05) is 11.1 Å². The van der Waals surface area contributed by atoms with E-state index in [-0.39, 0.29) is 11.5 Å². The predicted octanol–water partition coefficient (Wildman–Crippen LogP) is 3.69. The molecule has 0 amide bonds. The third-order valence-electron chi connectivity index (χ3n) is 2.49. The van der Waals surface area contributed by atoms with Crippen molar-refractivity contribution in [1.82, 2.24) is 0 Å². The third-order valence-corrected chi connectivity index (χ3v) is 3.01. The maximum Gasteiger partial charge on any atom is 0.0483 e. The zero-order valence-electron chi connectivity index (χ0n) is 9.26. The van der Waals surface area contributed by atoms with E-state index in [1.165, 1.54) is 0 Å². The van der Waals surface area contributed by atoms with Crippen molar-refractivity contribution in [1.29, 1.82) is 0 Å². The SMILES string of the molecule is Cc1cccc([C@@H](N)C(C)(C)C)c1Cl. The first-order valence-electron chi connectivity index (χ1n) is 4.84. The molecule has 0 saturated heterocycles. The van der Waals surface area contributed by atoms with Crippen molar-refractivity contribution in [3.63, 3.8) is 0 Å². The molecule has 0 bridgehead atoms. The highest BCUT2D eigenvalue weighted by atomic mass is 35.5. The Labute approximate surface area is 91.3 Å². The van der Waals surface area contributed by atoms with E-state index < -0.39 is 0 Å². The van der Waals surface area contributed by atoms with E-state index in [1.54, 1.807) is 0 Å². The summed E-state index contributed by atoms with van der Waals surface area (Å²) in [6, 6.07) is 5.99. The molecule has 1 aromatic carbocycles. The number of hydrogen-bond donors (Lipinski definition) is 1. The molecule has 1 atom stereocenters. The largest absolute Gasteiger partial charge is 0.323 e. The van der Waals surface area contributed by atoms with E-state index in [2.05, 4.69) is 20.8 Å². The van der Waals surface area contributed by atoms with Crippen molar-refractivity contribution in [3.8, 4) is 0 Å². The van der Waals surface area contributed by atoms with Crippen molar-refractivity contribution in [3.05, 3.63) is 34.3 Å². The van der Waals surface area contributed by atoms with E-state index in [0.29, 0.717) is 0 Å². The summed E-state index contributed by atoms with van der Waals surface area (Å²) < 4.78 is 0. The fourth-order valence-electron chi connectivity index (χ4n) is 1.38. The van der Waals surface area contributed by atoms with Gasteiger partial charge in [-0.05, 0) is 23.5 Å². The molecule has 0 aromatic heterocycles. The van der Waals surface area contributed by atoms with Crippen LogP contribution in [0, 0.1) is 12.3 Å². The number of benzene rings is 1. The summed E-state index contributed by atoms with van der Waals surface area (Å²) in [6.45, 7) is 8.37. The van der Waals surface area contributed by atoms with Crippen LogP contribution in [0.1, 0.15) is 37.9 Å². The van der Waals surface area contributed by atoms with Gasteiger partial charge in [0.1, 0.15) is 0 Å². The summed E-state index contributed by atoms with van der Waals surface area (Å²) in [5.74, 6) is 0. The first-order chi connectivity index (χ1) is 6.34. The number of nitrogens with two attached hydrogens (primary N) is 1. The minimum absolute atomic E-state index is 0.0186. The topological polar surface area (TPSA) is 26.0 Å². The molecule has 0 spiro atoms. The van der Waals surface area contributed by atoms with Crippen LogP contribution >= 0.6 is 11.6 Å². The Hall–Kier alpha value is -0.530. The van der Waals surface area contributed by atoms with Crippen molar-refractivity contribution in [2.45, 2.75) is 33.7 Å². The predicted molar refractivity (Wildman–Crippen MR) is 62.6 cm³/mol. The zero-order chi connectivity index (χ0) is 10.9. The first kappa shape index (κ1) is 11.5. The van der Waals surface area contributed by atoms with E-state index in [1.807, 2.05) is 25.1 Å². The number of halogens is 1. The van der Waals surface area contributed by atoms with Crippen molar-refractivity contribution >= 4 is 11.6 Å². The van der Waals surface area contributed by atoms with Crippen molar-refractivity contribution in [2.24, 2.45) is 11.1 Å². The summed E-state index contributed by atoms with van der Waals surface area (Å²) in [5.41, 5.74) is 8.32. The fourth-order valence-corrected chi connectivity index (χ4v) is 1.62. The van der Waals surface area contributed by atoms with E-state index in [9.17, 15) is 0 Å². The van der Waals surface area contributed by atoms with E-state index in [0.717, 1.165) is 16.1 Å². The quantitative estimate of drug-likeness (QED) is 0.754. The third kappa shape index (κ3) is 2.28. The Morgan fingerprint density at radius 3 is 2.36 bits per heavy atom. The molecule has 0 radical (unpaired) electrons. The van der Waals surface area contributed by atoms with Gasteiger partial charge in [-0.15, -0.1) is 0 Å². The number of rotatable bonds is 1. The maximum absolute atomic E-state index is 6.21. The highest BCUT2D eigenvalue weighted by molar-refractivity contribution is 6.32. The van der Waals surface area contributed by atoms with Gasteiger partial charge in [0.05, 0.1) is 0 Å². The lowest BCUT2D eigenvalue weighted by Gasteiger charge is -2.28. The molecule has 2 heteroatoms. The minimum atomic E-state index is -0.0186. The molecule has 1 aromatic rings. The van der Waals surface area contributed by atoms with Crippen LogP contribution in [-0.4, -0.2) is 0 Å². The van der Waals surface area contributed by atoms with Crippen LogP contribution in [0.5, 0.6) is 0 Å². The first-order valence-corrected chi connectivity index (χ1v) is 5.22. The van der Waals surface area contributed by atoms with Crippen LogP contribution in [0.25, 0.3) is 0 Å². The summed E-state index contributed by atoms with van der Waals surface area (Å²) >= 11 is 6.21. The second kappa shape index (κ2) is 3.92. The Bertz CT molecular complexity index is 326. The van der Waals surface area contributed by atoms with Crippen LogP contribution < -0.4 is 5.73 Å². The second-order valence-electron chi connectivity index (χ2n) is 4.82. The molecule has 0 unspecified atom stereocenters. The molecule has 0 aliphatic heterocycles. The molecule has 1 nitrogen and oxygen atoms in total. The maximum atomic E-state index is 6.21. The molecular formula is C12H18ClN. The molecule has 0 fully saturated rings. The zero-order valence-corrected chi connectivity index (χ0v) is 10.0. The molecule has 0 aliphatic carbocycles. The van der Waals surface area contributed by atoms with Crippen LogP contribution in [-0.2, 0) is 0 Å². The summed E-state index contributed by atoms with van der Waals surface area (Å²) in [6.07, 6.45) is 0. The number of aryl methyl sites for hydroxylation is 1. The Morgan fingerprint density at radius 2 is 1.86 bits per heavy atom. The lowest BCUT2D eigenvalue weighted by molar-refractivity contribution is 0.327. The minimum Gasteiger partial charge on any atom is -0.323 e. The molecule has 78 valence electrons. The Kier molecular flexibility index (Phi) is 3.23. The molecular weight excluding hydrogens is 194 g/mol. The molecule has 14 heavy (non-hydrogen) atoms. The van der Waals surface area contributed by atoms with Crippen LogP contribution in [0.3, 0.4) is 0 Å². The molecule has 2 N–H and O–H groups in total. The van der Waals surface area contributed by atoms with Gasteiger partial charge in [-0.3, -0.25) is 0 Å². The van der Waals surface area contributed by atoms with Gasteiger partial charge >= 0.3 is 0 Å². The molecule has 0 saturated carbocycles. The van der Waals surface area contributed by atoms with Gasteiger partial charge in [0.2, 0.25) is 0 Å². The summed E-state index contributed by atoms with van der Waals surface area (Å²) in [5, 5.41) is 0.801. The highest BCUT2D eigenvalue weighted by Gasteiger charge is 2.24. The smallest absolute Gasteiger partial charge is 0.0483 e. The average Bonchev–Trinajstić information content (AvgIpc) is 2.07. The van der Waals surface area contributed by atoms with Crippen molar-refractivity contribution in [2.75, 3.05) is 0 Å². The Morgan fingerprint density at radius 1 is 1.29 bits per heavy atom. The summed E-state index contributed by atoms with van der Waals surface area (Å²) in [7, 11) is 0. The number of hydrogen-bond acceptors (Lipinski definition) is 1. The average molecular weight is 212 g/mol. The van der Waals surface area contributed by atoms with Gasteiger partial charge in [0.15, 0.2) is 0 Å². The normalized spacial score (nSPS) is 14.1. The molecule has 0 heterocycles. The van der Waals surface area contributed by atoms with Gasteiger partial charge in [-0.2, -0.15) is 0 Å². The monoisotopic (exact) mass is 211 g/mol. The molecule has 1 rings (SSSR count). The summed E-state index contributed by atoms with van der Waals surface area (Å²) in [4.78, 5) is 0. The Balaban J connectivity index is 3.14. The van der Waals surface area contributed by atoms with Gasteiger partial charge in [0.25, 0.3) is 0 Å². The van der Waals surface area contributed by atoms with Gasteiger partial charge < -0.3 is 5.73 Å². The van der Waals surface area contributed by atoms with Crippen molar-refractivity contribution < 1.29 is 0 Å². The van der Waals surface area contributed by atoms with Gasteiger partial charge in [-0.1, -0.05) is 50.6 Å². The highest BCUT2D eigenvalue weighted by Crippen LogP contribution is 2.35. The lowest BCUT2D eigenvalue weighted by Crippen LogP contribution is -2.26. The van der Waals surface area contributed by atoms with Crippen LogP contribution in [0.15, 0.2) is 18.2 Å². The molecule has 0 aliphatic rings.